The minimum Gasteiger partial charge on any atom is -0.294 e. The zero-order chi connectivity index (χ0) is 12.8. The summed E-state index contributed by atoms with van der Waals surface area (Å²) in [6, 6.07) is 9.96. The molecule has 90 valence electrons. The summed E-state index contributed by atoms with van der Waals surface area (Å²) in [5, 5.41) is 3.10. The first kappa shape index (κ1) is 10.4. The van der Waals surface area contributed by atoms with Gasteiger partial charge in [0.15, 0.2) is 11.4 Å². The summed E-state index contributed by atoms with van der Waals surface area (Å²) in [7, 11) is 0. The van der Waals surface area contributed by atoms with Crippen LogP contribution < -0.4 is 0 Å². The van der Waals surface area contributed by atoms with E-state index >= 15 is 0 Å². The molecule has 1 aliphatic carbocycles. The quantitative estimate of drug-likeness (QED) is 0.571. The molecule has 0 fully saturated rings. The summed E-state index contributed by atoms with van der Waals surface area (Å²) >= 11 is 0. The molecule has 0 saturated carbocycles. The second kappa shape index (κ2) is 3.72. The molecule has 2 heterocycles. The summed E-state index contributed by atoms with van der Waals surface area (Å²) < 4.78 is 0. The van der Waals surface area contributed by atoms with Crippen LogP contribution in [0.2, 0.25) is 0 Å². The van der Waals surface area contributed by atoms with E-state index in [0.717, 1.165) is 21.9 Å². The third-order valence-corrected chi connectivity index (χ3v) is 3.49. The van der Waals surface area contributed by atoms with Crippen molar-refractivity contribution in [3.05, 3.63) is 53.9 Å². The number of allylic oxidation sites excluding steroid dienone is 1. The van der Waals surface area contributed by atoms with Crippen LogP contribution in [-0.2, 0) is 0 Å². The van der Waals surface area contributed by atoms with E-state index in [-0.39, 0.29) is 5.78 Å². The lowest BCUT2D eigenvalue weighted by Crippen LogP contribution is -2.06. The maximum absolute atomic E-state index is 12.0. The molecule has 0 atom stereocenters. The van der Waals surface area contributed by atoms with Crippen LogP contribution in [0.1, 0.15) is 22.5 Å². The van der Waals surface area contributed by atoms with Gasteiger partial charge in [-0.2, -0.15) is 0 Å². The van der Waals surface area contributed by atoms with Gasteiger partial charge >= 0.3 is 0 Å². The summed E-state index contributed by atoms with van der Waals surface area (Å²) in [5.41, 5.74) is 2.12. The van der Waals surface area contributed by atoms with Crippen molar-refractivity contribution >= 4 is 33.7 Å². The molecule has 0 amide bonds. The summed E-state index contributed by atoms with van der Waals surface area (Å²) in [4.78, 5) is 20.8. The molecule has 0 bridgehead atoms. The Morgan fingerprint density at radius 2 is 2.00 bits per heavy atom. The van der Waals surface area contributed by atoms with Gasteiger partial charge in [-0.1, -0.05) is 30.3 Å². The molecular weight excluding hydrogens is 236 g/mol. The van der Waals surface area contributed by atoms with Crippen LogP contribution in [0, 0.1) is 0 Å². The minimum absolute atomic E-state index is 0.125. The largest absolute Gasteiger partial charge is 0.294 e. The van der Waals surface area contributed by atoms with Gasteiger partial charge in [-0.15, -0.1) is 0 Å². The number of rotatable bonds is 0. The van der Waals surface area contributed by atoms with E-state index in [0.29, 0.717) is 17.6 Å². The zero-order valence-electron chi connectivity index (χ0n) is 10.1. The van der Waals surface area contributed by atoms with E-state index in [2.05, 4.69) is 9.97 Å². The third kappa shape index (κ3) is 1.48. The molecule has 0 spiro atoms. The number of hydrogen-bond acceptors (Lipinski definition) is 3. The van der Waals surface area contributed by atoms with E-state index in [1.54, 1.807) is 0 Å². The van der Waals surface area contributed by atoms with Crippen LogP contribution in [0.25, 0.3) is 27.9 Å². The van der Waals surface area contributed by atoms with Gasteiger partial charge < -0.3 is 0 Å². The van der Waals surface area contributed by atoms with Crippen molar-refractivity contribution in [2.24, 2.45) is 0 Å². The second-order valence-corrected chi connectivity index (χ2v) is 4.67. The topological polar surface area (TPSA) is 42.9 Å². The van der Waals surface area contributed by atoms with Crippen molar-refractivity contribution in [3.63, 3.8) is 0 Å². The molecule has 4 rings (SSSR count). The van der Waals surface area contributed by atoms with Crippen LogP contribution in [0.3, 0.4) is 0 Å². The fourth-order valence-corrected chi connectivity index (χ4v) is 2.54. The average Bonchev–Trinajstić information content (AvgIpc) is 2.46. The van der Waals surface area contributed by atoms with Crippen molar-refractivity contribution in [1.82, 2.24) is 9.97 Å². The van der Waals surface area contributed by atoms with E-state index < -0.39 is 0 Å². The molecule has 2 aromatic heterocycles. The summed E-state index contributed by atoms with van der Waals surface area (Å²) in [6.45, 7) is 0. The predicted molar refractivity (Wildman–Crippen MR) is 75.0 cm³/mol. The highest BCUT2D eigenvalue weighted by Crippen LogP contribution is 2.27. The monoisotopic (exact) mass is 246 g/mol. The number of fused-ring (bicyclic) bond motifs is 4. The van der Waals surface area contributed by atoms with Crippen LogP contribution in [0.5, 0.6) is 0 Å². The highest BCUT2D eigenvalue weighted by atomic mass is 16.1. The summed E-state index contributed by atoms with van der Waals surface area (Å²) in [6.07, 6.45) is 6.03. The minimum atomic E-state index is 0.125. The normalized spacial score (nSPS) is 14.0. The van der Waals surface area contributed by atoms with Crippen molar-refractivity contribution in [2.45, 2.75) is 6.42 Å². The molecule has 0 N–H and O–H groups in total. The van der Waals surface area contributed by atoms with E-state index in [1.165, 1.54) is 0 Å². The lowest BCUT2D eigenvalue weighted by Gasteiger charge is -2.10. The Labute approximate surface area is 109 Å². The standard InChI is InChI=1S/C16H10N2O/c19-15-7-3-6-14-13(15)8-12-11-5-2-1-4-10(11)9-17-16(12)18-14/h1-6,8-9H,7H2. The Bertz CT molecular complexity index is 865. The molecular formula is C16H10N2O. The lowest BCUT2D eigenvalue weighted by molar-refractivity contribution is 0.0994. The number of benzene rings is 1. The Morgan fingerprint density at radius 1 is 1.11 bits per heavy atom. The number of Topliss-reactive ketones (excluding diaryl/α,β-unsaturated/α-hetero) is 1. The van der Waals surface area contributed by atoms with Crippen LogP contribution in [0.15, 0.2) is 42.6 Å². The fourth-order valence-electron chi connectivity index (χ4n) is 2.54. The van der Waals surface area contributed by atoms with Crippen LogP contribution in [-0.4, -0.2) is 15.8 Å². The molecule has 19 heavy (non-hydrogen) atoms. The van der Waals surface area contributed by atoms with E-state index in [1.807, 2.05) is 48.7 Å². The number of hydrogen-bond donors (Lipinski definition) is 0. The molecule has 0 unspecified atom stereocenters. The zero-order valence-corrected chi connectivity index (χ0v) is 10.1. The lowest BCUT2D eigenvalue weighted by atomic mass is 9.98. The number of ketones is 1. The first-order chi connectivity index (χ1) is 9.33. The Kier molecular flexibility index (Phi) is 2.03. The maximum atomic E-state index is 12.0. The average molecular weight is 246 g/mol. The van der Waals surface area contributed by atoms with Gasteiger partial charge in [-0.25, -0.2) is 9.97 Å². The number of carbonyl (C=O) groups is 1. The van der Waals surface area contributed by atoms with Crippen molar-refractivity contribution in [3.8, 4) is 0 Å². The fraction of sp³-hybridized carbons (Fsp3) is 0.0625. The van der Waals surface area contributed by atoms with Gasteiger partial charge in [-0.05, 0) is 17.5 Å². The Balaban J connectivity index is 2.17. The SMILES string of the molecule is O=C1CC=Cc2nc3ncc4ccccc4c3cc21. The highest BCUT2D eigenvalue weighted by molar-refractivity contribution is 6.10. The van der Waals surface area contributed by atoms with Crippen LogP contribution >= 0.6 is 0 Å². The first-order valence-electron chi connectivity index (χ1n) is 6.21. The predicted octanol–water partition coefficient (Wildman–Crippen LogP) is 3.38. The molecule has 3 heteroatoms. The number of carbonyl (C=O) groups excluding carboxylic acids is 1. The molecule has 0 aliphatic heterocycles. The van der Waals surface area contributed by atoms with Crippen LogP contribution in [0.4, 0.5) is 0 Å². The molecule has 1 aromatic carbocycles. The van der Waals surface area contributed by atoms with Crippen molar-refractivity contribution < 1.29 is 4.79 Å². The van der Waals surface area contributed by atoms with Gasteiger partial charge in [-0.3, -0.25) is 4.79 Å². The molecule has 0 saturated heterocycles. The van der Waals surface area contributed by atoms with E-state index in [9.17, 15) is 4.79 Å². The second-order valence-electron chi connectivity index (χ2n) is 4.67. The van der Waals surface area contributed by atoms with E-state index in [4.69, 9.17) is 0 Å². The molecule has 1 aliphatic rings. The highest BCUT2D eigenvalue weighted by Gasteiger charge is 2.16. The smallest absolute Gasteiger partial charge is 0.168 e. The first-order valence-corrected chi connectivity index (χ1v) is 6.21. The van der Waals surface area contributed by atoms with Gasteiger partial charge in [0.05, 0.1) is 5.69 Å². The molecule has 3 aromatic rings. The molecule has 0 radical (unpaired) electrons. The van der Waals surface area contributed by atoms with Crippen molar-refractivity contribution in [2.75, 3.05) is 0 Å². The number of pyridine rings is 2. The molecule has 3 nitrogen and oxygen atoms in total. The van der Waals surface area contributed by atoms with Gasteiger partial charge in [0.1, 0.15) is 0 Å². The maximum Gasteiger partial charge on any atom is 0.168 e. The summed E-state index contributed by atoms with van der Waals surface area (Å²) in [5.74, 6) is 0.125. The Hall–Kier alpha value is -2.55. The third-order valence-electron chi connectivity index (χ3n) is 3.49. The van der Waals surface area contributed by atoms with Gasteiger partial charge in [0.25, 0.3) is 0 Å². The number of nitrogens with zero attached hydrogens (tertiary/aromatic N) is 2. The van der Waals surface area contributed by atoms with Gasteiger partial charge in [0.2, 0.25) is 0 Å². The van der Waals surface area contributed by atoms with Crippen molar-refractivity contribution in [1.29, 1.82) is 0 Å². The Morgan fingerprint density at radius 3 is 2.95 bits per heavy atom. The van der Waals surface area contributed by atoms with Gasteiger partial charge in [0, 0.05) is 29.0 Å². The number of aromatic nitrogens is 2.